The lowest BCUT2D eigenvalue weighted by molar-refractivity contribution is 0.105. The van der Waals surface area contributed by atoms with Crippen LogP contribution in [0, 0.1) is 0 Å². The van der Waals surface area contributed by atoms with Gasteiger partial charge in [0.1, 0.15) is 5.75 Å². The molecule has 3 N–H and O–H groups in total. The third-order valence-electron chi connectivity index (χ3n) is 1.91. The van der Waals surface area contributed by atoms with Gasteiger partial charge in [-0.05, 0) is 12.1 Å². The molecule has 1 aromatic carbocycles. The lowest BCUT2D eigenvalue weighted by Crippen LogP contribution is -2.23. The first-order chi connectivity index (χ1) is 7.17. The fourth-order valence-corrected chi connectivity index (χ4v) is 1.24. The number of rotatable bonds is 5. The maximum absolute atomic E-state index is 9.15. The van der Waals surface area contributed by atoms with Crippen molar-refractivity contribution in [2.45, 2.75) is 6.10 Å². The van der Waals surface area contributed by atoms with Crippen LogP contribution in [0.3, 0.4) is 0 Å². The molecule has 0 unspecified atom stereocenters. The van der Waals surface area contributed by atoms with Gasteiger partial charge in [0.25, 0.3) is 0 Å². The second-order valence-electron chi connectivity index (χ2n) is 3.06. The van der Waals surface area contributed by atoms with Gasteiger partial charge in [-0.2, -0.15) is 0 Å². The third kappa shape index (κ3) is 3.58. The molecule has 0 heterocycles. The van der Waals surface area contributed by atoms with Gasteiger partial charge >= 0.3 is 0 Å². The maximum Gasteiger partial charge on any atom is 0.121 e. The SMILES string of the molecule is COc1ccc(Cl)c(NC[C@H](O)CO)c1. The molecule has 0 aliphatic heterocycles. The van der Waals surface area contributed by atoms with Gasteiger partial charge in [-0.3, -0.25) is 0 Å². The first-order valence-corrected chi connectivity index (χ1v) is 4.91. The van der Waals surface area contributed by atoms with E-state index in [4.69, 9.17) is 26.6 Å². The lowest BCUT2D eigenvalue weighted by atomic mass is 10.3. The van der Waals surface area contributed by atoms with E-state index in [0.29, 0.717) is 16.5 Å². The monoisotopic (exact) mass is 231 g/mol. The highest BCUT2D eigenvalue weighted by atomic mass is 35.5. The van der Waals surface area contributed by atoms with Gasteiger partial charge in [-0.15, -0.1) is 0 Å². The van der Waals surface area contributed by atoms with Crippen molar-refractivity contribution in [3.63, 3.8) is 0 Å². The van der Waals surface area contributed by atoms with Gasteiger partial charge in [0, 0.05) is 12.6 Å². The summed E-state index contributed by atoms with van der Waals surface area (Å²) in [4.78, 5) is 0. The normalized spacial score (nSPS) is 12.3. The Balaban J connectivity index is 2.66. The zero-order valence-electron chi connectivity index (χ0n) is 8.40. The minimum Gasteiger partial charge on any atom is -0.497 e. The summed E-state index contributed by atoms with van der Waals surface area (Å²) in [6.07, 6.45) is -0.799. The van der Waals surface area contributed by atoms with Crippen molar-refractivity contribution >= 4 is 17.3 Å². The molecule has 1 aromatic rings. The van der Waals surface area contributed by atoms with E-state index in [1.165, 1.54) is 0 Å². The van der Waals surface area contributed by atoms with E-state index in [-0.39, 0.29) is 13.2 Å². The molecule has 0 spiro atoms. The second-order valence-corrected chi connectivity index (χ2v) is 3.47. The number of ether oxygens (including phenoxy) is 1. The van der Waals surface area contributed by atoms with Gasteiger partial charge in [0.2, 0.25) is 0 Å². The molecule has 4 nitrogen and oxygen atoms in total. The molecule has 5 heteroatoms. The van der Waals surface area contributed by atoms with Crippen LogP contribution in [0.1, 0.15) is 0 Å². The van der Waals surface area contributed by atoms with Crippen molar-refractivity contribution in [3.8, 4) is 5.75 Å². The number of aliphatic hydroxyl groups is 2. The lowest BCUT2D eigenvalue weighted by Gasteiger charge is -2.12. The van der Waals surface area contributed by atoms with Crippen LogP contribution in [0.4, 0.5) is 5.69 Å². The second kappa shape index (κ2) is 5.80. The van der Waals surface area contributed by atoms with E-state index in [1.54, 1.807) is 25.3 Å². The Hall–Kier alpha value is -0.970. The van der Waals surface area contributed by atoms with Crippen LogP contribution in [-0.2, 0) is 0 Å². The summed E-state index contributed by atoms with van der Waals surface area (Å²) in [6, 6.07) is 5.18. The highest BCUT2D eigenvalue weighted by molar-refractivity contribution is 6.33. The van der Waals surface area contributed by atoms with Gasteiger partial charge in [-0.25, -0.2) is 0 Å². The van der Waals surface area contributed by atoms with E-state index in [2.05, 4.69) is 5.32 Å². The number of halogens is 1. The average molecular weight is 232 g/mol. The largest absolute Gasteiger partial charge is 0.497 e. The van der Waals surface area contributed by atoms with Gasteiger partial charge < -0.3 is 20.3 Å². The van der Waals surface area contributed by atoms with Crippen LogP contribution in [-0.4, -0.2) is 36.6 Å². The van der Waals surface area contributed by atoms with Crippen LogP contribution < -0.4 is 10.1 Å². The highest BCUT2D eigenvalue weighted by Crippen LogP contribution is 2.26. The van der Waals surface area contributed by atoms with Gasteiger partial charge in [-0.1, -0.05) is 11.6 Å². The van der Waals surface area contributed by atoms with E-state index >= 15 is 0 Å². The Morgan fingerprint density at radius 2 is 2.27 bits per heavy atom. The minimum absolute atomic E-state index is 0.239. The highest BCUT2D eigenvalue weighted by Gasteiger charge is 2.05. The van der Waals surface area contributed by atoms with Gasteiger partial charge in [0.05, 0.1) is 30.5 Å². The molecule has 84 valence electrons. The van der Waals surface area contributed by atoms with Crippen LogP contribution in [0.15, 0.2) is 18.2 Å². The average Bonchev–Trinajstić information content (AvgIpc) is 2.27. The Labute approximate surface area is 93.4 Å². The fraction of sp³-hybridized carbons (Fsp3) is 0.400. The van der Waals surface area contributed by atoms with E-state index in [9.17, 15) is 0 Å². The summed E-state index contributed by atoms with van der Waals surface area (Å²) >= 11 is 5.92. The van der Waals surface area contributed by atoms with Crippen LogP contribution in [0.2, 0.25) is 5.02 Å². The zero-order chi connectivity index (χ0) is 11.3. The topological polar surface area (TPSA) is 61.7 Å². The maximum atomic E-state index is 9.15. The molecule has 1 atom stereocenters. The molecule has 0 saturated heterocycles. The number of hydrogen-bond donors (Lipinski definition) is 3. The van der Waals surface area contributed by atoms with Crippen LogP contribution in [0.5, 0.6) is 5.75 Å². The fourth-order valence-electron chi connectivity index (χ4n) is 1.06. The molecule has 0 radical (unpaired) electrons. The predicted molar refractivity (Wildman–Crippen MR) is 59.6 cm³/mol. The number of nitrogens with one attached hydrogen (secondary N) is 1. The summed E-state index contributed by atoms with van der Waals surface area (Å²) in [5.41, 5.74) is 0.670. The molecule has 0 amide bonds. The summed E-state index contributed by atoms with van der Waals surface area (Å²) in [5, 5.41) is 21.2. The quantitative estimate of drug-likeness (QED) is 0.711. The smallest absolute Gasteiger partial charge is 0.121 e. The number of anilines is 1. The van der Waals surface area contributed by atoms with Crippen molar-refractivity contribution in [2.24, 2.45) is 0 Å². The minimum atomic E-state index is -0.799. The molecule has 1 rings (SSSR count). The molecule has 0 saturated carbocycles. The molecule has 0 fully saturated rings. The molecular formula is C10H14ClNO3. The van der Waals surface area contributed by atoms with Crippen molar-refractivity contribution < 1.29 is 14.9 Å². The molecule has 0 aliphatic carbocycles. The third-order valence-corrected chi connectivity index (χ3v) is 2.24. The first kappa shape index (κ1) is 12.1. The standard InChI is InChI=1S/C10H14ClNO3/c1-15-8-2-3-9(11)10(4-8)12-5-7(14)6-13/h2-4,7,12-14H,5-6H2,1H3/t7-/m0/s1. The Kier molecular flexibility index (Phi) is 4.68. The van der Waals surface area contributed by atoms with Crippen molar-refractivity contribution in [3.05, 3.63) is 23.2 Å². The van der Waals surface area contributed by atoms with E-state index in [1.807, 2.05) is 0 Å². The summed E-state index contributed by atoms with van der Waals surface area (Å²) < 4.78 is 5.03. The Bertz CT molecular complexity index is 320. The molecule has 0 aromatic heterocycles. The van der Waals surface area contributed by atoms with Crippen molar-refractivity contribution in [1.82, 2.24) is 0 Å². The van der Waals surface area contributed by atoms with E-state index < -0.39 is 6.10 Å². The summed E-state index contributed by atoms with van der Waals surface area (Å²) in [5.74, 6) is 0.681. The van der Waals surface area contributed by atoms with Crippen molar-refractivity contribution in [2.75, 3.05) is 25.6 Å². The number of hydrogen-bond acceptors (Lipinski definition) is 4. The number of methoxy groups -OCH3 is 1. The number of benzene rings is 1. The Morgan fingerprint density at radius 3 is 2.87 bits per heavy atom. The number of aliphatic hydroxyl groups excluding tert-OH is 2. The molecular weight excluding hydrogens is 218 g/mol. The van der Waals surface area contributed by atoms with Crippen molar-refractivity contribution in [1.29, 1.82) is 0 Å². The molecule has 15 heavy (non-hydrogen) atoms. The molecule has 0 bridgehead atoms. The first-order valence-electron chi connectivity index (χ1n) is 4.53. The van der Waals surface area contributed by atoms with Crippen LogP contribution in [0.25, 0.3) is 0 Å². The van der Waals surface area contributed by atoms with Gasteiger partial charge in [0.15, 0.2) is 0 Å². The Morgan fingerprint density at radius 1 is 1.53 bits per heavy atom. The van der Waals surface area contributed by atoms with E-state index in [0.717, 1.165) is 0 Å². The zero-order valence-corrected chi connectivity index (χ0v) is 9.16. The summed E-state index contributed by atoms with van der Waals surface area (Å²) in [7, 11) is 1.57. The molecule has 0 aliphatic rings. The van der Waals surface area contributed by atoms with Crippen LogP contribution >= 0.6 is 11.6 Å². The summed E-state index contributed by atoms with van der Waals surface area (Å²) in [6.45, 7) is -0.0437. The predicted octanol–water partition coefficient (Wildman–Crippen LogP) is 1.11.